The Hall–Kier alpha value is -1.96. The minimum atomic E-state index is -0.968. The molecule has 0 saturated heterocycles. The van der Waals surface area contributed by atoms with E-state index < -0.39 is 17.5 Å². The van der Waals surface area contributed by atoms with E-state index in [-0.39, 0.29) is 12.4 Å². The second-order valence-electron chi connectivity index (χ2n) is 2.05. The van der Waals surface area contributed by atoms with Gasteiger partial charge in [-0.25, -0.2) is 9.18 Å². The number of carboxylic acid groups (broad SMARTS) is 1. The number of aliphatic carboxylic acids is 1. The molecule has 0 aromatic carbocycles. The van der Waals surface area contributed by atoms with Crippen molar-refractivity contribution < 1.29 is 14.3 Å². The number of H-pyrrole nitrogens is 1. The third-order valence-corrected chi connectivity index (χ3v) is 0.969. The molecule has 6 N–H and O–H groups in total. The van der Waals surface area contributed by atoms with E-state index in [4.69, 9.17) is 10.8 Å². The maximum absolute atomic E-state index is 12.1. The second-order valence-corrected chi connectivity index (χ2v) is 2.05. The molecule has 14 heavy (non-hydrogen) atoms. The fourth-order valence-electron chi connectivity index (χ4n) is 0.392. The van der Waals surface area contributed by atoms with Crippen molar-refractivity contribution in [2.24, 2.45) is 5.73 Å². The Morgan fingerprint density at radius 3 is 2.50 bits per heavy atom. The van der Waals surface area contributed by atoms with Crippen LogP contribution in [0.3, 0.4) is 0 Å². The standard InChI is InChI=1S/C4H4FN3O.C2H5NO2/c5-2-1-7-4(9)8-3(2)6;3-1-2(4)5/h1H,(H3,6,7,8,9);1,3H2,(H,4,5). The van der Waals surface area contributed by atoms with Crippen molar-refractivity contribution in [2.75, 3.05) is 12.3 Å². The molecule has 8 heteroatoms. The lowest BCUT2D eigenvalue weighted by molar-refractivity contribution is -0.135. The van der Waals surface area contributed by atoms with Gasteiger partial charge in [0.15, 0.2) is 5.82 Å². The maximum atomic E-state index is 12.1. The number of nitrogen functional groups attached to an aromatic ring is 1. The van der Waals surface area contributed by atoms with E-state index in [1.807, 2.05) is 4.98 Å². The predicted octanol–water partition coefficient (Wildman–Crippen LogP) is -1.48. The Labute approximate surface area is 77.6 Å². The summed E-state index contributed by atoms with van der Waals surface area (Å²) in [6.45, 7) is -0.278. The maximum Gasteiger partial charge on any atom is 0.346 e. The molecule has 0 spiro atoms. The first-order valence-corrected chi connectivity index (χ1v) is 3.39. The van der Waals surface area contributed by atoms with E-state index in [0.29, 0.717) is 0 Å². The summed E-state index contributed by atoms with van der Waals surface area (Å²) in [6, 6.07) is 0. The Balaban J connectivity index is 0.000000292. The summed E-state index contributed by atoms with van der Waals surface area (Å²) in [5.74, 6) is -1.96. The van der Waals surface area contributed by atoms with Crippen LogP contribution in [0.1, 0.15) is 0 Å². The number of hydrogen-bond donors (Lipinski definition) is 4. The largest absolute Gasteiger partial charge is 0.480 e. The van der Waals surface area contributed by atoms with Crippen LogP contribution >= 0.6 is 0 Å². The molecule has 0 amide bonds. The Morgan fingerprint density at radius 1 is 1.71 bits per heavy atom. The Morgan fingerprint density at radius 2 is 2.21 bits per heavy atom. The molecule has 0 bridgehead atoms. The SMILES string of the molecule is NCC(=O)O.Nc1[nH]c(=O)ncc1F. The quantitative estimate of drug-likeness (QED) is 0.440. The van der Waals surface area contributed by atoms with Gasteiger partial charge in [-0.2, -0.15) is 4.98 Å². The van der Waals surface area contributed by atoms with Crippen LogP contribution in [-0.4, -0.2) is 27.6 Å². The van der Waals surface area contributed by atoms with Crippen molar-refractivity contribution in [3.05, 3.63) is 22.5 Å². The summed E-state index contributed by atoms with van der Waals surface area (Å²) in [7, 11) is 0. The molecule has 78 valence electrons. The van der Waals surface area contributed by atoms with Gasteiger partial charge in [0.25, 0.3) is 0 Å². The molecule has 0 aliphatic rings. The highest BCUT2D eigenvalue weighted by Crippen LogP contribution is 1.96. The summed E-state index contributed by atoms with van der Waals surface area (Å²) in [5.41, 5.74) is 8.88. The molecular weight excluding hydrogens is 195 g/mol. The van der Waals surface area contributed by atoms with E-state index in [1.54, 1.807) is 0 Å². The lowest BCUT2D eigenvalue weighted by Crippen LogP contribution is -2.12. The number of aromatic amines is 1. The first-order chi connectivity index (χ1) is 6.47. The van der Waals surface area contributed by atoms with E-state index >= 15 is 0 Å². The van der Waals surface area contributed by atoms with Crippen molar-refractivity contribution in [2.45, 2.75) is 0 Å². The number of carboxylic acids is 1. The molecule has 0 fully saturated rings. The summed E-state index contributed by atoms with van der Waals surface area (Å²) in [5, 5.41) is 7.60. The number of halogens is 1. The van der Waals surface area contributed by atoms with E-state index in [9.17, 15) is 14.0 Å². The van der Waals surface area contributed by atoms with Crippen LogP contribution < -0.4 is 17.2 Å². The smallest absolute Gasteiger partial charge is 0.346 e. The average molecular weight is 204 g/mol. The van der Waals surface area contributed by atoms with Crippen LogP contribution in [0.15, 0.2) is 11.0 Å². The van der Waals surface area contributed by atoms with Crippen molar-refractivity contribution >= 4 is 11.8 Å². The van der Waals surface area contributed by atoms with Gasteiger partial charge in [0.1, 0.15) is 5.82 Å². The van der Waals surface area contributed by atoms with Gasteiger partial charge >= 0.3 is 11.7 Å². The highest BCUT2D eigenvalue weighted by Gasteiger charge is 1.95. The number of nitrogens with two attached hydrogens (primary N) is 2. The molecule has 1 aromatic rings. The molecule has 1 rings (SSSR count). The molecule has 1 heterocycles. The van der Waals surface area contributed by atoms with Crippen molar-refractivity contribution in [1.29, 1.82) is 0 Å². The normalized spacial score (nSPS) is 8.71. The van der Waals surface area contributed by atoms with E-state index in [1.165, 1.54) is 0 Å². The zero-order valence-corrected chi connectivity index (χ0v) is 7.03. The highest BCUT2D eigenvalue weighted by atomic mass is 19.1. The van der Waals surface area contributed by atoms with Gasteiger partial charge in [-0.3, -0.25) is 9.78 Å². The lowest BCUT2D eigenvalue weighted by Gasteiger charge is -1.89. The lowest BCUT2D eigenvalue weighted by atomic mass is 10.6. The third kappa shape index (κ3) is 4.83. The second kappa shape index (κ2) is 5.65. The fraction of sp³-hybridized carbons (Fsp3) is 0.167. The molecule has 7 nitrogen and oxygen atoms in total. The van der Waals surface area contributed by atoms with E-state index in [0.717, 1.165) is 6.20 Å². The predicted molar refractivity (Wildman–Crippen MR) is 45.9 cm³/mol. The van der Waals surface area contributed by atoms with Crippen LogP contribution in [0.5, 0.6) is 0 Å². The molecule has 0 unspecified atom stereocenters. The van der Waals surface area contributed by atoms with Crippen molar-refractivity contribution in [3.63, 3.8) is 0 Å². The Kier molecular flexibility index (Phi) is 4.86. The topological polar surface area (TPSA) is 135 Å². The van der Waals surface area contributed by atoms with Crippen LogP contribution in [0.4, 0.5) is 10.2 Å². The third-order valence-electron chi connectivity index (χ3n) is 0.969. The number of carbonyl (C=O) groups is 1. The van der Waals surface area contributed by atoms with Crippen LogP contribution in [0, 0.1) is 5.82 Å². The van der Waals surface area contributed by atoms with Crippen LogP contribution in [0.2, 0.25) is 0 Å². The molecule has 0 radical (unpaired) electrons. The first kappa shape index (κ1) is 12.0. The number of aromatic nitrogens is 2. The number of nitrogens with zero attached hydrogens (tertiary/aromatic N) is 1. The van der Waals surface area contributed by atoms with Gasteiger partial charge in [0, 0.05) is 0 Å². The average Bonchev–Trinajstić information content (AvgIpc) is 2.13. The number of hydrogen-bond acceptors (Lipinski definition) is 5. The Bertz CT molecular complexity index is 364. The molecule has 1 aromatic heterocycles. The number of nitrogens with one attached hydrogen (secondary N) is 1. The fourth-order valence-corrected chi connectivity index (χ4v) is 0.392. The summed E-state index contributed by atoms with van der Waals surface area (Å²) >= 11 is 0. The monoisotopic (exact) mass is 204 g/mol. The van der Waals surface area contributed by atoms with Gasteiger partial charge in [-0.15, -0.1) is 0 Å². The van der Waals surface area contributed by atoms with Gasteiger partial charge in [0.2, 0.25) is 0 Å². The van der Waals surface area contributed by atoms with Gasteiger partial charge < -0.3 is 16.6 Å². The van der Waals surface area contributed by atoms with Crippen molar-refractivity contribution in [3.8, 4) is 0 Å². The van der Waals surface area contributed by atoms with Gasteiger partial charge in [-0.05, 0) is 0 Å². The van der Waals surface area contributed by atoms with Crippen LogP contribution in [-0.2, 0) is 4.79 Å². The number of rotatable bonds is 1. The molecular formula is C6H9FN4O3. The van der Waals surface area contributed by atoms with Gasteiger partial charge in [-0.1, -0.05) is 0 Å². The van der Waals surface area contributed by atoms with Gasteiger partial charge in [0.05, 0.1) is 12.7 Å². The summed E-state index contributed by atoms with van der Waals surface area (Å²) in [6.07, 6.45) is 0.772. The molecule has 0 atom stereocenters. The summed E-state index contributed by atoms with van der Waals surface area (Å²) < 4.78 is 12.1. The zero-order valence-electron chi connectivity index (χ0n) is 7.03. The summed E-state index contributed by atoms with van der Waals surface area (Å²) in [4.78, 5) is 24.5. The molecule has 0 aliphatic heterocycles. The minimum Gasteiger partial charge on any atom is -0.480 e. The van der Waals surface area contributed by atoms with E-state index in [2.05, 4.69) is 10.7 Å². The zero-order chi connectivity index (χ0) is 11.1. The minimum absolute atomic E-state index is 0.278. The molecule has 0 saturated carbocycles. The van der Waals surface area contributed by atoms with Crippen molar-refractivity contribution in [1.82, 2.24) is 9.97 Å². The molecule has 0 aliphatic carbocycles. The highest BCUT2D eigenvalue weighted by molar-refractivity contribution is 5.68. The van der Waals surface area contributed by atoms with Crippen LogP contribution in [0.25, 0.3) is 0 Å². The number of anilines is 1. The first-order valence-electron chi connectivity index (χ1n) is 3.39.